The van der Waals surface area contributed by atoms with Gasteiger partial charge in [0.25, 0.3) is 0 Å². The maximum absolute atomic E-state index is 12.3. The fraction of sp³-hybridized carbons (Fsp3) is 0.475. The third-order valence-corrected chi connectivity index (χ3v) is 8.84. The zero-order valence-corrected chi connectivity index (χ0v) is 28.3. The Bertz CT molecular complexity index is 1280. The number of carbonyl (C=O) groups excluding carboxylic acids is 1. The zero-order valence-electron chi connectivity index (χ0n) is 28.3. The van der Waals surface area contributed by atoms with Crippen molar-refractivity contribution in [3.05, 3.63) is 119 Å². The highest BCUT2D eigenvalue weighted by Crippen LogP contribution is 2.43. The van der Waals surface area contributed by atoms with Crippen LogP contribution in [0.25, 0.3) is 0 Å². The fourth-order valence-electron chi connectivity index (χ4n) is 6.32. The van der Waals surface area contributed by atoms with Crippen LogP contribution in [0, 0.1) is 28.6 Å². The second-order valence-corrected chi connectivity index (χ2v) is 14.0. The quantitative estimate of drug-likeness (QED) is 0.199. The van der Waals surface area contributed by atoms with E-state index in [1.54, 1.807) is 0 Å². The van der Waals surface area contributed by atoms with Crippen LogP contribution in [0.3, 0.4) is 0 Å². The molecule has 0 saturated heterocycles. The number of hydrogen-bond acceptors (Lipinski definition) is 3. The van der Waals surface area contributed by atoms with E-state index >= 15 is 0 Å². The first-order valence-electron chi connectivity index (χ1n) is 15.7. The zero-order chi connectivity index (χ0) is 32.4. The summed E-state index contributed by atoms with van der Waals surface area (Å²) >= 11 is 0. The minimum atomic E-state index is -0.840. The first-order valence-corrected chi connectivity index (χ1v) is 15.7. The summed E-state index contributed by atoms with van der Waals surface area (Å²) in [7, 11) is 0. The maximum atomic E-state index is 12.3. The Morgan fingerprint density at radius 3 is 1.70 bits per heavy atom. The van der Waals surface area contributed by atoms with Crippen molar-refractivity contribution in [3.8, 4) is 0 Å². The van der Waals surface area contributed by atoms with Crippen molar-refractivity contribution in [2.24, 2.45) is 28.6 Å². The van der Waals surface area contributed by atoms with Crippen molar-refractivity contribution in [2.75, 3.05) is 0 Å². The van der Waals surface area contributed by atoms with Gasteiger partial charge in [-0.2, -0.15) is 0 Å². The molecule has 2 aliphatic carbocycles. The molecule has 1 saturated carbocycles. The van der Waals surface area contributed by atoms with Gasteiger partial charge in [0.05, 0.1) is 6.10 Å². The number of aliphatic hydroxyl groups excluding tert-OH is 2. The van der Waals surface area contributed by atoms with Crippen LogP contribution in [-0.4, -0.2) is 28.2 Å². The molecule has 3 heteroatoms. The molecule has 5 unspecified atom stereocenters. The average Bonchev–Trinajstić information content (AvgIpc) is 2.88. The van der Waals surface area contributed by atoms with E-state index in [1.807, 2.05) is 25.2 Å². The Balaban J connectivity index is 1.89. The summed E-state index contributed by atoms with van der Waals surface area (Å²) in [6.45, 7) is 21.1. The highest BCUT2D eigenvalue weighted by molar-refractivity contribution is 5.86. The molecule has 0 radical (unpaired) electrons. The van der Waals surface area contributed by atoms with Gasteiger partial charge in [-0.25, -0.2) is 0 Å². The van der Waals surface area contributed by atoms with E-state index in [0.717, 1.165) is 17.6 Å². The summed E-state index contributed by atoms with van der Waals surface area (Å²) in [5.74, 6) is 0.230. The normalized spacial score (nSPS) is 29.6. The molecule has 0 amide bonds. The number of Topliss-reactive ketones (excluding diaryl/α,β-unsaturated/α-hetero) is 1. The van der Waals surface area contributed by atoms with Gasteiger partial charge in [0.1, 0.15) is 6.10 Å². The molecule has 234 valence electrons. The number of carbonyl (C=O) groups is 1. The van der Waals surface area contributed by atoms with E-state index < -0.39 is 6.10 Å². The van der Waals surface area contributed by atoms with Gasteiger partial charge in [0.15, 0.2) is 5.78 Å². The third kappa shape index (κ3) is 11.5. The Labute approximate surface area is 262 Å². The average molecular weight is 585 g/mol. The molecule has 0 aromatic rings. The smallest absolute Gasteiger partial charge is 0.164 e. The lowest BCUT2D eigenvalue weighted by molar-refractivity contribution is -0.140. The molecule has 2 rings (SSSR count). The highest BCUT2D eigenvalue weighted by Gasteiger charge is 2.44. The van der Waals surface area contributed by atoms with Gasteiger partial charge >= 0.3 is 0 Å². The maximum Gasteiger partial charge on any atom is 0.164 e. The van der Waals surface area contributed by atoms with Crippen LogP contribution in [0.5, 0.6) is 0 Å². The van der Waals surface area contributed by atoms with E-state index in [2.05, 4.69) is 135 Å². The van der Waals surface area contributed by atoms with Gasteiger partial charge < -0.3 is 10.2 Å². The first-order chi connectivity index (χ1) is 20.0. The van der Waals surface area contributed by atoms with Crippen LogP contribution in [-0.2, 0) is 4.79 Å². The summed E-state index contributed by atoms with van der Waals surface area (Å²) in [5, 5.41) is 20.1. The van der Waals surface area contributed by atoms with Crippen molar-refractivity contribution >= 4 is 5.78 Å². The van der Waals surface area contributed by atoms with Crippen molar-refractivity contribution in [1.82, 2.24) is 0 Å². The summed E-state index contributed by atoms with van der Waals surface area (Å²) in [6, 6.07) is 0. The number of rotatable bonds is 10. The molecule has 43 heavy (non-hydrogen) atoms. The number of ketones is 1. The summed E-state index contributed by atoms with van der Waals surface area (Å²) < 4.78 is 0. The van der Waals surface area contributed by atoms with Crippen LogP contribution in [0.15, 0.2) is 119 Å². The van der Waals surface area contributed by atoms with Crippen molar-refractivity contribution < 1.29 is 15.0 Å². The molecule has 0 aliphatic heterocycles. The summed E-state index contributed by atoms with van der Waals surface area (Å²) in [4.78, 5) is 12.3. The molecule has 0 spiro atoms. The minimum absolute atomic E-state index is 0.0458. The molecular weight excluding hydrogens is 528 g/mol. The molecular formula is C40H56O3. The van der Waals surface area contributed by atoms with Crippen LogP contribution in [0.1, 0.15) is 82.1 Å². The van der Waals surface area contributed by atoms with Crippen molar-refractivity contribution in [2.45, 2.75) is 94.3 Å². The molecule has 2 aliphatic rings. The standard InChI is InChI=1S/C40H56O3/c1-28(17-13-19-30(3)21-23-35-32(5)25-34(41)26-39(35,7)8)15-11-12-16-29(2)18-14-20-31(4)22-24-36-33(6)38(43)37(42)27-40(36,9)10/h11-25,33-37,41-42H,26-27H2,1-10H3. The predicted molar refractivity (Wildman–Crippen MR) is 184 cm³/mol. The number of aliphatic hydroxyl groups is 2. The van der Waals surface area contributed by atoms with Gasteiger partial charge in [-0.05, 0) is 64.2 Å². The molecule has 0 heterocycles. The summed E-state index contributed by atoms with van der Waals surface area (Å²) in [6.07, 6.45) is 31.6. The molecule has 5 atom stereocenters. The second-order valence-electron chi connectivity index (χ2n) is 14.0. The molecule has 1 fully saturated rings. The van der Waals surface area contributed by atoms with Crippen molar-refractivity contribution in [1.29, 1.82) is 0 Å². The first kappa shape index (κ1) is 36.2. The Morgan fingerprint density at radius 1 is 0.721 bits per heavy atom. The molecule has 3 nitrogen and oxygen atoms in total. The lowest BCUT2D eigenvalue weighted by Gasteiger charge is -2.42. The molecule has 0 aromatic heterocycles. The Hall–Kier alpha value is -3.01. The van der Waals surface area contributed by atoms with E-state index in [-0.39, 0.29) is 34.6 Å². The largest absolute Gasteiger partial charge is 0.389 e. The summed E-state index contributed by atoms with van der Waals surface area (Å²) in [5.41, 5.74) is 5.81. The number of allylic oxidation sites excluding steroid dienone is 19. The minimum Gasteiger partial charge on any atom is -0.389 e. The van der Waals surface area contributed by atoms with Gasteiger partial charge in [0.2, 0.25) is 0 Å². The lowest BCUT2D eigenvalue weighted by atomic mass is 9.62. The Morgan fingerprint density at radius 2 is 1.19 bits per heavy atom. The SMILES string of the molecule is CC(C=CC=C(C)C=CC1C(C)=CC(O)CC1(C)C)=CC=CC=C(C)C=CC=C(C)C=CC1C(C)C(=O)C(O)CC1(C)C. The topological polar surface area (TPSA) is 57.5 Å². The van der Waals surface area contributed by atoms with Crippen LogP contribution >= 0.6 is 0 Å². The molecule has 0 bridgehead atoms. The van der Waals surface area contributed by atoms with Crippen LogP contribution < -0.4 is 0 Å². The third-order valence-electron chi connectivity index (χ3n) is 8.84. The number of hydrogen-bond donors (Lipinski definition) is 2. The monoisotopic (exact) mass is 584 g/mol. The van der Waals surface area contributed by atoms with Crippen LogP contribution in [0.4, 0.5) is 0 Å². The highest BCUT2D eigenvalue weighted by atomic mass is 16.3. The molecule has 2 N–H and O–H groups in total. The molecule has 0 aromatic carbocycles. The Kier molecular flexibility index (Phi) is 13.6. The fourth-order valence-corrected chi connectivity index (χ4v) is 6.32. The van der Waals surface area contributed by atoms with Gasteiger partial charge in [-0.3, -0.25) is 4.79 Å². The second kappa shape index (κ2) is 16.2. The van der Waals surface area contributed by atoms with Crippen LogP contribution in [0.2, 0.25) is 0 Å². The van der Waals surface area contributed by atoms with E-state index in [0.29, 0.717) is 12.3 Å². The van der Waals surface area contributed by atoms with Gasteiger partial charge in [-0.15, -0.1) is 0 Å². The lowest BCUT2D eigenvalue weighted by Crippen LogP contribution is -2.45. The van der Waals surface area contributed by atoms with E-state index in [4.69, 9.17) is 0 Å². The predicted octanol–water partition coefficient (Wildman–Crippen LogP) is 9.52. The van der Waals surface area contributed by atoms with Gasteiger partial charge in [0, 0.05) is 11.8 Å². The van der Waals surface area contributed by atoms with E-state index in [9.17, 15) is 15.0 Å². The van der Waals surface area contributed by atoms with Crippen molar-refractivity contribution in [3.63, 3.8) is 0 Å². The van der Waals surface area contributed by atoms with Gasteiger partial charge in [-0.1, -0.05) is 154 Å². The van der Waals surface area contributed by atoms with E-state index in [1.165, 1.54) is 16.7 Å².